The minimum Gasteiger partial charge on any atom is -0.254 e. The van der Waals surface area contributed by atoms with E-state index in [1.807, 2.05) is 24.5 Å². The molecule has 4 aromatic heterocycles. The number of fused-ring (bicyclic) bond motifs is 6. The van der Waals surface area contributed by atoms with Gasteiger partial charge in [0.2, 0.25) is 0 Å². The van der Waals surface area contributed by atoms with Crippen molar-refractivity contribution in [2.75, 3.05) is 0 Å². The van der Waals surface area contributed by atoms with Crippen LogP contribution in [-0.2, 0) is 0 Å². The van der Waals surface area contributed by atoms with E-state index in [0.29, 0.717) is 0 Å². The monoisotopic (exact) mass is 662 g/mol. The van der Waals surface area contributed by atoms with Crippen molar-refractivity contribution in [2.45, 2.75) is 0 Å². The van der Waals surface area contributed by atoms with Gasteiger partial charge in [-0.15, -0.1) is 0 Å². The Morgan fingerprint density at radius 1 is 0.288 bits per heavy atom. The van der Waals surface area contributed by atoms with Crippen LogP contribution in [0.3, 0.4) is 0 Å². The van der Waals surface area contributed by atoms with Crippen molar-refractivity contribution in [3.63, 3.8) is 0 Å². The first kappa shape index (κ1) is 29.8. The number of hydrogen-bond donors (Lipinski definition) is 0. The topological polar surface area (TPSA) is 51.6 Å². The first-order valence-corrected chi connectivity index (χ1v) is 17.5. The average molecular weight is 663 g/mol. The Morgan fingerprint density at radius 3 is 1.17 bits per heavy atom. The minimum absolute atomic E-state index is 0.903. The Hall–Kier alpha value is -7.04. The number of pyridine rings is 4. The highest BCUT2D eigenvalue weighted by atomic mass is 14.8. The molecule has 10 aromatic rings. The van der Waals surface area contributed by atoms with Crippen molar-refractivity contribution in [1.82, 2.24) is 19.9 Å². The lowest BCUT2D eigenvalue weighted by molar-refractivity contribution is 1.37. The van der Waals surface area contributed by atoms with Crippen molar-refractivity contribution in [3.05, 3.63) is 182 Å². The second kappa shape index (κ2) is 12.4. The third-order valence-corrected chi connectivity index (χ3v) is 9.92. The maximum Gasteiger partial charge on any atom is 0.0978 e. The Kier molecular flexibility index (Phi) is 7.10. The van der Waals surface area contributed by atoms with Gasteiger partial charge in [-0.05, 0) is 69.8 Å². The van der Waals surface area contributed by atoms with E-state index in [4.69, 9.17) is 19.9 Å². The fourth-order valence-electron chi connectivity index (χ4n) is 7.38. The van der Waals surface area contributed by atoms with Crippen LogP contribution < -0.4 is 0 Å². The predicted molar refractivity (Wildman–Crippen MR) is 215 cm³/mol. The minimum atomic E-state index is 0.903. The van der Waals surface area contributed by atoms with Crippen molar-refractivity contribution < 1.29 is 0 Å². The molecule has 0 fully saturated rings. The van der Waals surface area contributed by atoms with Crippen LogP contribution in [-0.4, -0.2) is 19.9 Å². The summed E-state index contributed by atoms with van der Waals surface area (Å²) >= 11 is 0. The fourth-order valence-corrected chi connectivity index (χ4v) is 7.38. The summed E-state index contributed by atoms with van der Waals surface area (Å²) in [6.07, 6.45) is 3.69. The molecule has 0 saturated heterocycles. The highest BCUT2D eigenvalue weighted by molar-refractivity contribution is 6.10. The molecule has 4 heteroatoms. The zero-order valence-corrected chi connectivity index (χ0v) is 28.1. The maximum atomic E-state index is 5.27. The number of aromatic nitrogens is 4. The number of benzene rings is 6. The van der Waals surface area contributed by atoms with Crippen LogP contribution in [0.2, 0.25) is 0 Å². The molecule has 0 unspecified atom stereocenters. The summed E-state index contributed by atoms with van der Waals surface area (Å²) < 4.78 is 0. The zero-order valence-electron chi connectivity index (χ0n) is 28.1. The summed E-state index contributed by atoms with van der Waals surface area (Å²) in [6, 6.07) is 59.6. The molecule has 242 valence electrons. The van der Waals surface area contributed by atoms with E-state index < -0.39 is 0 Å². The molecular weight excluding hydrogens is 633 g/mol. The lowest BCUT2D eigenvalue weighted by Gasteiger charge is -2.14. The van der Waals surface area contributed by atoms with Crippen LogP contribution in [0.4, 0.5) is 0 Å². The smallest absolute Gasteiger partial charge is 0.0978 e. The summed E-state index contributed by atoms with van der Waals surface area (Å²) in [4.78, 5) is 20.1. The van der Waals surface area contributed by atoms with E-state index in [-0.39, 0.29) is 0 Å². The SMILES string of the molecule is c1ccc(-c2cc(-c3cccc(-c4cccc(-c5cc(-c6ccccc6)c6ccc7cccnc7c6n5)c4)c3)nc3c2ccc2cccnc23)cc1. The predicted octanol–water partition coefficient (Wildman–Crippen LogP) is 12.2. The maximum absolute atomic E-state index is 5.27. The Labute approximate surface area is 300 Å². The third kappa shape index (κ3) is 5.17. The molecule has 0 bridgehead atoms. The Bertz CT molecular complexity index is 2750. The fraction of sp³-hybridized carbons (Fsp3) is 0. The average Bonchev–Trinajstić information content (AvgIpc) is 3.23. The summed E-state index contributed by atoms with van der Waals surface area (Å²) in [6.45, 7) is 0. The summed E-state index contributed by atoms with van der Waals surface area (Å²) in [5.41, 5.74) is 14.3. The van der Waals surface area contributed by atoms with Gasteiger partial charge in [0.25, 0.3) is 0 Å². The van der Waals surface area contributed by atoms with E-state index in [2.05, 4.69) is 158 Å². The van der Waals surface area contributed by atoms with Gasteiger partial charge in [0.05, 0.1) is 33.5 Å². The van der Waals surface area contributed by atoms with Gasteiger partial charge in [-0.2, -0.15) is 0 Å². The van der Waals surface area contributed by atoms with Crippen molar-refractivity contribution >= 4 is 43.6 Å². The molecule has 0 aliphatic rings. The van der Waals surface area contributed by atoms with Gasteiger partial charge in [0.1, 0.15) is 0 Å². The molecule has 10 rings (SSSR count). The van der Waals surface area contributed by atoms with Crippen LogP contribution in [0.5, 0.6) is 0 Å². The third-order valence-electron chi connectivity index (χ3n) is 9.92. The van der Waals surface area contributed by atoms with Crippen molar-refractivity contribution in [1.29, 1.82) is 0 Å². The largest absolute Gasteiger partial charge is 0.254 e. The van der Waals surface area contributed by atoms with Gasteiger partial charge in [-0.1, -0.05) is 133 Å². The molecule has 52 heavy (non-hydrogen) atoms. The number of rotatable bonds is 5. The van der Waals surface area contributed by atoms with E-state index >= 15 is 0 Å². The first-order valence-electron chi connectivity index (χ1n) is 17.5. The first-order chi connectivity index (χ1) is 25.8. The Morgan fingerprint density at radius 2 is 0.712 bits per heavy atom. The van der Waals surface area contributed by atoms with E-state index in [0.717, 1.165) is 99.5 Å². The highest BCUT2D eigenvalue weighted by Gasteiger charge is 2.16. The van der Waals surface area contributed by atoms with Gasteiger partial charge in [0.15, 0.2) is 0 Å². The molecule has 4 heterocycles. The quantitative estimate of drug-likeness (QED) is 0.172. The molecule has 0 aliphatic carbocycles. The van der Waals surface area contributed by atoms with Gasteiger partial charge < -0.3 is 0 Å². The van der Waals surface area contributed by atoms with E-state index in [1.165, 1.54) is 0 Å². The molecule has 0 amide bonds. The second-order valence-corrected chi connectivity index (χ2v) is 13.1. The normalized spacial score (nSPS) is 11.5. The molecule has 0 aliphatic heterocycles. The Balaban J connectivity index is 1.12. The van der Waals surface area contributed by atoms with E-state index in [9.17, 15) is 0 Å². The lowest BCUT2D eigenvalue weighted by atomic mass is 9.94. The number of hydrogen-bond acceptors (Lipinski definition) is 4. The molecule has 0 atom stereocenters. The summed E-state index contributed by atoms with van der Waals surface area (Å²) in [5, 5.41) is 4.33. The highest BCUT2D eigenvalue weighted by Crippen LogP contribution is 2.38. The van der Waals surface area contributed by atoms with Gasteiger partial charge in [0, 0.05) is 45.1 Å². The van der Waals surface area contributed by atoms with Crippen LogP contribution in [0, 0.1) is 0 Å². The molecule has 6 aromatic carbocycles. The van der Waals surface area contributed by atoms with Crippen LogP contribution in [0.1, 0.15) is 0 Å². The lowest BCUT2D eigenvalue weighted by Crippen LogP contribution is -1.93. The molecule has 0 spiro atoms. The zero-order chi connectivity index (χ0) is 34.4. The summed E-state index contributed by atoms with van der Waals surface area (Å²) in [5.74, 6) is 0. The van der Waals surface area contributed by atoms with Crippen LogP contribution >= 0.6 is 0 Å². The standard InChI is InChI=1S/C48H30N4/c1-3-11-31(12-4-1)41-29-43(51-47-39(41)23-21-33-19-9-25-49-45(33)47)37-17-7-15-35(27-37)36-16-8-18-38(28-36)44-30-42(32-13-5-2-6-14-32)40-24-22-34-20-10-26-50-46(34)48(40)52-44/h1-30H. The van der Waals surface area contributed by atoms with Crippen molar-refractivity contribution in [3.8, 4) is 55.9 Å². The second-order valence-electron chi connectivity index (χ2n) is 13.1. The van der Waals surface area contributed by atoms with Gasteiger partial charge in [-0.3, -0.25) is 9.97 Å². The van der Waals surface area contributed by atoms with E-state index in [1.54, 1.807) is 0 Å². The van der Waals surface area contributed by atoms with Crippen molar-refractivity contribution in [2.24, 2.45) is 0 Å². The van der Waals surface area contributed by atoms with Crippen LogP contribution in [0.15, 0.2) is 182 Å². The van der Waals surface area contributed by atoms with Gasteiger partial charge >= 0.3 is 0 Å². The number of nitrogens with zero attached hydrogens (tertiary/aromatic N) is 4. The molecule has 0 radical (unpaired) electrons. The summed E-state index contributed by atoms with van der Waals surface area (Å²) in [7, 11) is 0. The van der Waals surface area contributed by atoms with Gasteiger partial charge in [-0.25, -0.2) is 9.97 Å². The molecule has 0 saturated carbocycles. The van der Waals surface area contributed by atoms with Crippen LogP contribution in [0.25, 0.3) is 99.5 Å². The molecule has 0 N–H and O–H groups in total. The molecule has 4 nitrogen and oxygen atoms in total. The molecular formula is C48H30N4.